The fourth-order valence-electron chi connectivity index (χ4n) is 2.84. The van der Waals surface area contributed by atoms with Crippen LogP contribution in [0, 0.1) is 5.82 Å². The van der Waals surface area contributed by atoms with Crippen molar-refractivity contribution in [1.29, 1.82) is 0 Å². The molecule has 0 N–H and O–H groups in total. The van der Waals surface area contributed by atoms with Gasteiger partial charge >= 0.3 is 0 Å². The fourth-order valence-corrected chi connectivity index (χ4v) is 2.84. The average Bonchev–Trinajstić information content (AvgIpc) is 2.43. The van der Waals surface area contributed by atoms with Crippen LogP contribution in [-0.4, -0.2) is 24.5 Å². The molecule has 1 aromatic rings. The van der Waals surface area contributed by atoms with E-state index in [-0.39, 0.29) is 11.2 Å². The average molecular weight is 305 g/mol. The number of hydrogen-bond donors (Lipinski definition) is 0. The maximum atomic E-state index is 13.2. The first-order valence-corrected chi connectivity index (χ1v) is 8.37. The third-order valence-electron chi connectivity index (χ3n) is 4.30. The molecule has 0 bridgehead atoms. The third-order valence-corrected chi connectivity index (χ3v) is 4.30. The first-order valence-electron chi connectivity index (χ1n) is 8.37. The molecular formula is C20H32FN. The summed E-state index contributed by atoms with van der Waals surface area (Å²) in [4.78, 5) is 2.45. The summed E-state index contributed by atoms with van der Waals surface area (Å²) < 4.78 is 13.2. The number of halogens is 1. The predicted octanol–water partition coefficient (Wildman–Crippen LogP) is 5.56. The van der Waals surface area contributed by atoms with E-state index >= 15 is 0 Å². The summed E-state index contributed by atoms with van der Waals surface area (Å²) in [6.07, 6.45) is 5.83. The summed E-state index contributed by atoms with van der Waals surface area (Å²) >= 11 is 0. The minimum absolute atomic E-state index is 0.0186. The summed E-state index contributed by atoms with van der Waals surface area (Å²) in [5.74, 6) is -0.166. The van der Waals surface area contributed by atoms with E-state index in [9.17, 15) is 4.39 Å². The Labute approximate surface area is 136 Å². The molecule has 0 saturated carbocycles. The number of allylic oxidation sites excluding steroid dienone is 1. The Bertz CT molecular complexity index is 469. The first-order chi connectivity index (χ1) is 10.3. The van der Waals surface area contributed by atoms with Crippen LogP contribution in [0.15, 0.2) is 35.9 Å². The van der Waals surface area contributed by atoms with E-state index in [1.54, 1.807) is 12.1 Å². The molecule has 1 rings (SSSR count). The van der Waals surface area contributed by atoms with Gasteiger partial charge in [-0.25, -0.2) is 4.39 Å². The Balaban J connectivity index is 2.91. The molecule has 0 aromatic heterocycles. The Hall–Kier alpha value is -1.15. The monoisotopic (exact) mass is 305 g/mol. The van der Waals surface area contributed by atoms with Crippen molar-refractivity contribution in [3.05, 3.63) is 47.3 Å². The van der Waals surface area contributed by atoms with Crippen molar-refractivity contribution in [1.82, 2.24) is 4.90 Å². The minimum Gasteiger partial charge on any atom is -0.300 e. The molecule has 1 unspecified atom stereocenters. The molecule has 0 heterocycles. The fraction of sp³-hybridized carbons (Fsp3) is 0.600. The number of hydrogen-bond acceptors (Lipinski definition) is 1. The first kappa shape index (κ1) is 18.9. The molecule has 1 aromatic carbocycles. The molecular weight excluding hydrogens is 273 g/mol. The van der Waals surface area contributed by atoms with Gasteiger partial charge in [0.2, 0.25) is 0 Å². The van der Waals surface area contributed by atoms with Gasteiger partial charge in [0.05, 0.1) is 0 Å². The van der Waals surface area contributed by atoms with Gasteiger partial charge in [0.25, 0.3) is 0 Å². The summed E-state index contributed by atoms with van der Waals surface area (Å²) in [5, 5.41) is 0. The largest absolute Gasteiger partial charge is 0.300 e. The lowest BCUT2D eigenvalue weighted by atomic mass is 9.78. The van der Waals surface area contributed by atoms with Crippen molar-refractivity contribution < 1.29 is 4.39 Å². The summed E-state index contributed by atoms with van der Waals surface area (Å²) in [6.45, 7) is 12.2. The number of unbranched alkanes of at least 4 members (excludes halogenated alkanes) is 1. The van der Waals surface area contributed by atoms with E-state index in [1.165, 1.54) is 24.0 Å². The van der Waals surface area contributed by atoms with Gasteiger partial charge in [-0.3, -0.25) is 4.90 Å². The Morgan fingerprint density at radius 3 is 2.32 bits per heavy atom. The predicted molar refractivity (Wildman–Crippen MR) is 94.8 cm³/mol. The number of nitrogens with zero attached hydrogens (tertiary/aromatic N) is 1. The van der Waals surface area contributed by atoms with Gasteiger partial charge in [0, 0.05) is 6.04 Å². The van der Waals surface area contributed by atoms with E-state index in [0.717, 1.165) is 13.0 Å². The maximum Gasteiger partial charge on any atom is 0.123 e. The molecule has 1 nitrogen and oxygen atoms in total. The second-order valence-corrected chi connectivity index (χ2v) is 7.24. The van der Waals surface area contributed by atoms with Crippen LogP contribution in [0.25, 0.3) is 0 Å². The summed E-state index contributed by atoms with van der Waals surface area (Å²) in [7, 11) is 2.21. The van der Waals surface area contributed by atoms with Crippen molar-refractivity contribution in [2.45, 2.75) is 65.3 Å². The Morgan fingerprint density at radius 1 is 1.23 bits per heavy atom. The van der Waals surface area contributed by atoms with Gasteiger partial charge in [-0.05, 0) is 63.4 Å². The zero-order chi connectivity index (χ0) is 16.8. The van der Waals surface area contributed by atoms with E-state index in [2.05, 4.69) is 52.6 Å². The zero-order valence-corrected chi connectivity index (χ0v) is 15.1. The molecule has 0 fully saturated rings. The molecule has 0 aliphatic rings. The van der Waals surface area contributed by atoms with Gasteiger partial charge in [0.15, 0.2) is 0 Å². The molecule has 0 aliphatic carbocycles. The van der Waals surface area contributed by atoms with E-state index in [0.29, 0.717) is 6.04 Å². The maximum absolute atomic E-state index is 13.2. The normalized spacial score (nSPS) is 13.3. The molecule has 2 heteroatoms. The van der Waals surface area contributed by atoms with Crippen molar-refractivity contribution >= 4 is 0 Å². The van der Waals surface area contributed by atoms with Crippen LogP contribution >= 0.6 is 0 Å². The highest BCUT2D eigenvalue weighted by Gasteiger charge is 2.26. The summed E-state index contributed by atoms with van der Waals surface area (Å²) in [5.41, 5.74) is 2.57. The van der Waals surface area contributed by atoms with Crippen LogP contribution in [0.3, 0.4) is 0 Å². The highest BCUT2D eigenvalue weighted by atomic mass is 19.1. The van der Waals surface area contributed by atoms with E-state index in [1.807, 2.05) is 12.1 Å². The van der Waals surface area contributed by atoms with Crippen molar-refractivity contribution in [3.63, 3.8) is 0 Å². The number of rotatable bonds is 8. The molecule has 22 heavy (non-hydrogen) atoms. The van der Waals surface area contributed by atoms with Crippen molar-refractivity contribution in [2.75, 3.05) is 13.6 Å². The molecule has 0 radical (unpaired) electrons. The third kappa shape index (κ3) is 5.92. The molecule has 0 spiro atoms. The molecule has 124 valence electrons. The smallest absolute Gasteiger partial charge is 0.123 e. The van der Waals surface area contributed by atoms with Gasteiger partial charge in [-0.2, -0.15) is 0 Å². The van der Waals surface area contributed by atoms with Crippen LogP contribution in [0.4, 0.5) is 4.39 Å². The van der Waals surface area contributed by atoms with Gasteiger partial charge in [-0.1, -0.05) is 51.0 Å². The number of benzene rings is 1. The highest BCUT2D eigenvalue weighted by molar-refractivity contribution is 5.25. The molecule has 0 amide bonds. The Morgan fingerprint density at radius 2 is 1.82 bits per heavy atom. The van der Waals surface area contributed by atoms with Crippen molar-refractivity contribution in [3.8, 4) is 0 Å². The standard InChI is InChI=1S/C20H32FN/c1-7-8-13-22(6)19(14-16(2)3)15-20(4,5)17-9-11-18(21)12-10-17/h9-12,14,19H,7-8,13,15H2,1-6H3. The SMILES string of the molecule is CCCCN(C)C(C=C(C)C)CC(C)(C)c1ccc(F)cc1. The van der Waals surface area contributed by atoms with Crippen LogP contribution in [0.2, 0.25) is 0 Å². The molecule has 0 aliphatic heterocycles. The van der Waals surface area contributed by atoms with Crippen LogP contribution < -0.4 is 0 Å². The lowest BCUT2D eigenvalue weighted by Gasteiger charge is -2.34. The zero-order valence-electron chi connectivity index (χ0n) is 15.1. The minimum atomic E-state index is -0.166. The quantitative estimate of drug-likeness (QED) is 0.568. The lowest BCUT2D eigenvalue weighted by Crippen LogP contribution is -2.36. The van der Waals surface area contributed by atoms with Gasteiger partial charge < -0.3 is 0 Å². The molecule has 1 atom stereocenters. The van der Waals surface area contributed by atoms with E-state index < -0.39 is 0 Å². The Kier molecular flexibility index (Phi) is 7.28. The van der Waals surface area contributed by atoms with Crippen molar-refractivity contribution in [2.24, 2.45) is 0 Å². The topological polar surface area (TPSA) is 3.24 Å². The second kappa shape index (κ2) is 8.47. The summed E-state index contributed by atoms with van der Waals surface area (Å²) in [6, 6.07) is 7.38. The van der Waals surface area contributed by atoms with Crippen LogP contribution in [-0.2, 0) is 5.41 Å². The van der Waals surface area contributed by atoms with Crippen LogP contribution in [0.5, 0.6) is 0 Å². The molecule has 0 saturated heterocycles. The van der Waals surface area contributed by atoms with Gasteiger partial charge in [0.1, 0.15) is 5.82 Å². The van der Waals surface area contributed by atoms with E-state index in [4.69, 9.17) is 0 Å². The second-order valence-electron chi connectivity index (χ2n) is 7.24. The number of likely N-dealkylation sites (N-methyl/N-ethyl adjacent to an activating group) is 1. The van der Waals surface area contributed by atoms with Gasteiger partial charge in [-0.15, -0.1) is 0 Å². The highest BCUT2D eigenvalue weighted by Crippen LogP contribution is 2.30. The van der Waals surface area contributed by atoms with Crippen LogP contribution in [0.1, 0.15) is 59.4 Å². The lowest BCUT2D eigenvalue weighted by molar-refractivity contribution is 0.234.